The maximum absolute atomic E-state index is 13.5. The van der Waals surface area contributed by atoms with Crippen molar-refractivity contribution in [2.75, 3.05) is 20.3 Å². The Balaban J connectivity index is 1.78. The summed E-state index contributed by atoms with van der Waals surface area (Å²) < 4.78 is 15.4. The highest BCUT2D eigenvalue weighted by molar-refractivity contribution is 5.99. The number of amides is 3. The molecular weight excluding hydrogens is 492 g/mol. The van der Waals surface area contributed by atoms with Crippen molar-refractivity contribution in [3.8, 4) is 0 Å². The number of ether oxygens (including phenoxy) is 2. The standard InChI is InChI=1S/C27H36N4O7/c1-16(2)11-19(23(32)27(4)15-37-27)28-24(33)20(13-18-9-7-6-8-10-18)29-26(35)22(14-36-5)30-25(34)21-12-17(3)38-31-21/h6-10,12,16,19-20,22H,11,13-15H2,1-5H3,(H,28,33)(H,29,35)(H,30,34)/t19-,20-,22-,27+/m0/s1. The van der Waals surface area contributed by atoms with Gasteiger partial charge in [0.15, 0.2) is 11.5 Å². The van der Waals surface area contributed by atoms with Crippen LogP contribution in [0.15, 0.2) is 40.9 Å². The number of hydrogen-bond acceptors (Lipinski definition) is 8. The van der Waals surface area contributed by atoms with E-state index in [1.165, 1.54) is 13.2 Å². The Hall–Kier alpha value is -3.57. The van der Waals surface area contributed by atoms with Crippen molar-refractivity contribution < 1.29 is 33.2 Å². The molecule has 11 heteroatoms. The molecule has 0 radical (unpaired) electrons. The molecule has 3 amide bonds. The molecule has 0 saturated carbocycles. The van der Waals surface area contributed by atoms with Crippen LogP contribution in [0.2, 0.25) is 0 Å². The zero-order valence-corrected chi connectivity index (χ0v) is 22.4. The topological polar surface area (TPSA) is 152 Å². The first-order chi connectivity index (χ1) is 18.0. The highest BCUT2D eigenvalue weighted by atomic mass is 16.6. The molecule has 3 rings (SSSR count). The average molecular weight is 529 g/mol. The second kappa shape index (κ2) is 12.8. The molecule has 1 aromatic carbocycles. The average Bonchev–Trinajstić information content (AvgIpc) is 3.48. The second-order valence-corrected chi connectivity index (χ2v) is 10.1. The quantitative estimate of drug-likeness (QED) is 0.311. The predicted molar refractivity (Wildman–Crippen MR) is 137 cm³/mol. The third kappa shape index (κ3) is 7.96. The van der Waals surface area contributed by atoms with Crippen LogP contribution in [0.25, 0.3) is 0 Å². The summed E-state index contributed by atoms with van der Waals surface area (Å²) in [7, 11) is 1.39. The number of methoxy groups -OCH3 is 1. The number of benzene rings is 1. The summed E-state index contributed by atoms with van der Waals surface area (Å²) in [6, 6.07) is 7.72. The first kappa shape index (κ1) is 29.0. The fourth-order valence-corrected chi connectivity index (χ4v) is 3.98. The Kier molecular flexibility index (Phi) is 9.76. The number of ketones is 1. The molecule has 1 saturated heterocycles. The molecule has 2 heterocycles. The third-order valence-electron chi connectivity index (χ3n) is 6.17. The van der Waals surface area contributed by atoms with Crippen molar-refractivity contribution >= 4 is 23.5 Å². The van der Waals surface area contributed by atoms with Crippen LogP contribution >= 0.6 is 0 Å². The number of epoxide rings is 1. The molecule has 1 aliphatic rings. The molecule has 1 aliphatic heterocycles. The lowest BCUT2D eigenvalue weighted by Gasteiger charge is -2.26. The number of carbonyl (C=O) groups excluding carboxylic acids is 4. The molecule has 1 aromatic heterocycles. The van der Waals surface area contributed by atoms with Crippen LogP contribution < -0.4 is 16.0 Å². The number of rotatable bonds is 14. The lowest BCUT2D eigenvalue weighted by Crippen LogP contribution is -2.58. The maximum Gasteiger partial charge on any atom is 0.274 e. The Bertz CT molecular complexity index is 1130. The number of aryl methyl sites for hydroxylation is 1. The van der Waals surface area contributed by atoms with Crippen LogP contribution in [0.5, 0.6) is 0 Å². The lowest BCUT2D eigenvalue weighted by atomic mass is 9.93. The first-order valence-electron chi connectivity index (χ1n) is 12.6. The van der Waals surface area contributed by atoms with E-state index in [1.54, 1.807) is 13.8 Å². The third-order valence-corrected chi connectivity index (χ3v) is 6.17. The van der Waals surface area contributed by atoms with Crippen LogP contribution in [-0.2, 0) is 30.3 Å². The fraction of sp³-hybridized carbons (Fsp3) is 0.519. The van der Waals surface area contributed by atoms with E-state index in [0.29, 0.717) is 18.8 Å². The molecule has 0 bridgehead atoms. The van der Waals surface area contributed by atoms with Crippen LogP contribution in [0.1, 0.15) is 49.0 Å². The summed E-state index contributed by atoms with van der Waals surface area (Å²) in [6.07, 6.45) is 0.597. The smallest absolute Gasteiger partial charge is 0.274 e. The van der Waals surface area contributed by atoms with Gasteiger partial charge in [-0.15, -0.1) is 0 Å². The summed E-state index contributed by atoms with van der Waals surface area (Å²) in [5, 5.41) is 11.8. The zero-order chi connectivity index (χ0) is 27.9. The maximum atomic E-state index is 13.5. The molecule has 0 aliphatic carbocycles. The minimum atomic E-state index is -1.11. The molecule has 4 atom stereocenters. The zero-order valence-electron chi connectivity index (χ0n) is 22.4. The Morgan fingerprint density at radius 2 is 1.66 bits per heavy atom. The van der Waals surface area contributed by atoms with Crippen LogP contribution in [0.3, 0.4) is 0 Å². The number of nitrogens with one attached hydrogen (secondary N) is 3. The fourth-order valence-electron chi connectivity index (χ4n) is 3.98. The molecular formula is C27H36N4O7. The van der Waals surface area contributed by atoms with Gasteiger partial charge in [-0.3, -0.25) is 19.2 Å². The SMILES string of the molecule is COC[C@H](NC(=O)c1cc(C)on1)C(=O)N[C@@H](Cc1ccccc1)C(=O)N[C@@H](CC(C)C)C(=O)[C@@]1(C)CO1. The van der Waals surface area contributed by atoms with Crippen LogP contribution in [0, 0.1) is 12.8 Å². The van der Waals surface area contributed by atoms with E-state index in [4.69, 9.17) is 14.0 Å². The van der Waals surface area contributed by atoms with Crippen LogP contribution in [0.4, 0.5) is 0 Å². The van der Waals surface area contributed by atoms with Gasteiger partial charge in [0.05, 0.1) is 19.3 Å². The minimum absolute atomic E-state index is 0.0146. The summed E-state index contributed by atoms with van der Waals surface area (Å²) in [6.45, 7) is 7.43. The number of aromatic nitrogens is 1. The minimum Gasteiger partial charge on any atom is -0.382 e. The molecule has 0 spiro atoms. The predicted octanol–water partition coefficient (Wildman–Crippen LogP) is 1.34. The highest BCUT2D eigenvalue weighted by Crippen LogP contribution is 2.29. The molecule has 2 aromatic rings. The van der Waals surface area contributed by atoms with Crippen molar-refractivity contribution in [1.29, 1.82) is 0 Å². The Morgan fingerprint density at radius 3 is 2.21 bits per heavy atom. The molecule has 38 heavy (non-hydrogen) atoms. The van der Waals surface area contributed by atoms with Gasteiger partial charge in [0.25, 0.3) is 5.91 Å². The molecule has 206 valence electrons. The largest absolute Gasteiger partial charge is 0.382 e. The lowest BCUT2D eigenvalue weighted by molar-refractivity contribution is -0.133. The molecule has 3 N–H and O–H groups in total. The van der Waals surface area contributed by atoms with E-state index in [1.807, 2.05) is 44.2 Å². The number of hydrogen-bond donors (Lipinski definition) is 3. The molecule has 11 nitrogen and oxygen atoms in total. The van der Waals surface area contributed by atoms with Gasteiger partial charge in [0.2, 0.25) is 11.8 Å². The second-order valence-electron chi connectivity index (χ2n) is 10.1. The van der Waals surface area contributed by atoms with Crippen molar-refractivity contribution in [3.05, 3.63) is 53.4 Å². The number of Topliss-reactive ketones (excluding diaryl/α,β-unsaturated/α-hetero) is 1. The number of carbonyl (C=O) groups is 4. The van der Waals surface area contributed by atoms with E-state index in [2.05, 4.69) is 21.1 Å². The van der Waals surface area contributed by atoms with Gasteiger partial charge in [0.1, 0.15) is 23.4 Å². The Labute approximate surface area is 222 Å². The Morgan fingerprint density at radius 1 is 1.03 bits per heavy atom. The first-order valence-corrected chi connectivity index (χ1v) is 12.6. The normalized spacial score (nSPS) is 18.8. The summed E-state index contributed by atoms with van der Waals surface area (Å²) in [5.41, 5.74) is -0.0819. The van der Waals surface area contributed by atoms with Crippen molar-refractivity contribution in [2.24, 2.45) is 5.92 Å². The van der Waals surface area contributed by atoms with Gasteiger partial charge in [-0.1, -0.05) is 49.3 Å². The molecule has 1 fully saturated rings. The summed E-state index contributed by atoms with van der Waals surface area (Å²) in [4.78, 5) is 52.4. The van der Waals surface area contributed by atoms with Gasteiger partial charge in [0, 0.05) is 19.6 Å². The van der Waals surface area contributed by atoms with Crippen LogP contribution in [-0.4, -0.2) is 72.7 Å². The van der Waals surface area contributed by atoms with E-state index in [-0.39, 0.29) is 30.4 Å². The van der Waals surface area contributed by atoms with Crippen molar-refractivity contribution in [2.45, 2.75) is 64.3 Å². The monoisotopic (exact) mass is 528 g/mol. The van der Waals surface area contributed by atoms with Gasteiger partial charge in [-0.2, -0.15) is 0 Å². The van der Waals surface area contributed by atoms with E-state index < -0.39 is 41.4 Å². The van der Waals surface area contributed by atoms with E-state index >= 15 is 0 Å². The van der Waals surface area contributed by atoms with Gasteiger partial charge in [-0.05, 0) is 31.7 Å². The van der Waals surface area contributed by atoms with E-state index in [9.17, 15) is 19.2 Å². The highest BCUT2D eigenvalue weighted by Gasteiger charge is 2.50. The van der Waals surface area contributed by atoms with Gasteiger partial charge < -0.3 is 29.9 Å². The van der Waals surface area contributed by atoms with Crippen molar-refractivity contribution in [3.63, 3.8) is 0 Å². The van der Waals surface area contributed by atoms with Gasteiger partial charge >= 0.3 is 0 Å². The van der Waals surface area contributed by atoms with Gasteiger partial charge in [-0.25, -0.2) is 0 Å². The summed E-state index contributed by atoms with van der Waals surface area (Å²) >= 11 is 0. The summed E-state index contributed by atoms with van der Waals surface area (Å²) in [5.74, 6) is -1.38. The van der Waals surface area contributed by atoms with Crippen molar-refractivity contribution in [1.82, 2.24) is 21.1 Å². The van der Waals surface area contributed by atoms with E-state index in [0.717, 1.165) is 5.56 Å². The molecule has 0 unspecified atom stereocenters. The number of nitrogens with zero attached hydrogens (tertiary/aromatic N) is 1.